The van der Waals surface area contributed by atoms with Gasteiger partial charge in [0.2, 0.25) is 0 Å². The van der Waals surface area contributed by atoms with Gasteiger partial charge in [0.25, 0.3) is 0 Å². The number of carboxylic acid groups (broad SMARTS) is 1. The second kappa shape index (κ2) is 4.47. The molecule has 0 radical (unpaired) electrons. The summed E-state index contributed by atoms with van der Waals surface area (Å²) in [6.07, 6.45) is -1.48. The van der Waals surface area contributed by atoms with Crippen LogP contribution in [-0.4, -0.2) is 16.2 Å². The summed E-state index contributed by atoms with van der Waals surface area (Å²) < 4.78 is 0. The van der Waals surface area contributed by atoms with Crippen LogP contribution in [-0.2, 0) is 4.79 Å². The molecule has 2 rings (SSSR count). The van der Waals surface area contributed by atoms with Crippen molar-refractivity contribution in [3.05, 3.63) is 46.7 Å². The smallest absolute Gasteiger partial charge is 0.337 e. The SMILES string of the molecule is O=C(O)C(O)c1ccccc1-c1ccsc1. The summed E-state index contributed by atoms with van der Waals surface area (Å²) in [6, 6.07) is 8.88. The van der Waals surface area contributed by atoms with Crippen molar-refractivity contribution in [1.82, 2.24) is 0 Å². The Morgan fingerprint density at radius 2 is 2.00 bits per heavy atom. The second-order valence-corrected chi connectivity index (χ2v) is 4.12. The number of aliphatic hydroxyl groups excluding tert-OH is 1. The number of thiophene rings is 1. The van der Waals surface area contributed by atoms with Gasteiger partial charge in [-0.2, -0.15) is 11.3 Å². The number of aliphatic carboxylic acids is 1. The minimum Gasteiger partial charge on any atom is -0.479 e. The minimum atomic E-state index is -1.48. The molecule has 2 N–H and O–H groups in total. The highest BCUT2D eigenvalue weighted by atomic mass is 32.1. The Bertz CT molecular complexity index is 491. The molecule has 0 fully saturated rings. The minimum absolute atomic E-state index is 0.424. The van der Waals surface area contributed by atoms with Gasteiger partial charge < -0.3 is 10.2 Å². The van der Waals surface area contributed by atoms with Crippen LogP contribution in [0.5, 0.6) is 0 Å². The molecule has 0 aliphatic rings. The average molecular weight is 234 g/mol. The molecule has 1 heterocycles. The van der Waals surface area contributed by atoms with E-state index in [1.807, 2.05) is 29.0 Å². The third kappa shape index (κ3) is 1.98. The predicted molar refractivity (Wildman–Crippen MR) is 62.4 cm³/mol. The zero-order valence-corrected chi connectivity index (χ0v) is 9.15. The lowest BCUT2D eigenvalue weighted by Crippen LogP contribution is -2.11. The Hall–Kier alpha value is -1.65. The fourth-order valence-electron chi connectivity index (χ4n) is 1.55. The zero-order valence-electron chi connectivity index (χ0n) is 8.33. The highest BCUT2D eigenvalue weighted by Crippen LogP contribution is 2.29. The highest BCUT2D eigenvalue weighted by Gasteiger charge is 2.19. The first-order valence-electron chi connectivity index (χ1n) is 4.72. The second-order valence-electron chi connectivity index (χ2n) is 3.34. The maximum absolute atomic E-state index is 10.8. The van der Waals surface area contributed by atoms with Crippen LogP contribution in [0.3, 0.4) is 0 Å². The van der Waals surface area contributed by atoms with Gasteiger partial charge >= 0.3 is 5.97 Å². The summed E-state index contributed by atoms with van der Waals surface area (Å²) >= 11 is 1.53. The summed E-state index contributed by atoms with van der Waals surface area (Å²) in [6.45, 7) is 0. The fraction of sp³-hybridized carbons (Fsp3) is 0.0833. The van der Waals surface area contributed by atoms with E-state index in [1.165, 1.54) is 11.3 Å². The van der Waals surface area contributed by atoms with Gasteiger partial charge in [-0.25, -0.2) is 4.79 Å². The lowest BCUT2D eigenvalue weighted by Gasteiger charge is -2.10. The first-order valence-corrected chi connectivity index (χ1v) is 5.67. The van der Waals surface area contributed by atoms with E-state index in [9.17, 15) is 9.90 Å². The molecule has 1 unspecified atom stereocenters. The van der Waals surface area contributed by atoms with Gasteiger partial charge in [0.15, 0.2) is 6.10 Å². The van der Waals surface area contributed by atoms with Gasteiger partial charge in [-0.15, -0.1) is 0 Å². The Labute approximate surface area is 96.6 Å². The summed E-state index contributed by atoms with van der Waals surface area (Å²) in [7, 11) is 0. The van der Waals surface area contributed by atoms with E-state index < -0.39 is 12.1 Å². The first-order chi connectivity index (χ1) is 7.70. The fourth-order valence-corrected chi connectivity index (χ4v) is 2.20. The normalized spacial score (nSPS) is 12.3. The van der Waals surface area contributed by atoms with Gasteiger partial charge in [-0.05, 0) is 33.5 Å². The molecule has 3 nitrogen and oxygen atoms in total. The molecule has 0 saturated heterocycles. The monoisotopic (exact) mass is 234 g/mol. The highest BCUT2D eigenvalue weighted by molar-refractivity contribution is 7.08. The van der Waals surface area contributed by atoms with E-state index in [-0.39, 0.29) is 0 Å². The number of hydrogen-bond donors (Lipinski definition) is 2. The van der Waals surface area contributed by atoms with E-state index in [0.717, 1.165) is 11.1 Å². The Morgan fingerprint density at radius 1 is 1.25 bits per heavy atom. The summed E-state index contributed by atoms with van der Waals surface area (Å²) in [5.41, 5.74) is 2.12. The van der Waals surface area contributed by atoms with Crippen LogP contribution < -0.4 is 0 Å². The molecule has 1 aromatic heterocycles. The van der Waals surface area contributed by atoms with E-state index in [2.05, 4.69) is 0 Å². The molecule has 0 saturated carbocycles. The number of benzene rings is 1. The van der Waals surface area contributed by atoms with Crippen LogP contribution in [0.1, 0.15) is 11.7 Å². The zero-order chi connectivity index (χ0) is 11.5. The first kappa shape index (κ1) is 10.9. The maximum Gasteiger partial charge on any atom is 0.337 e. The van der Waals surface area contributed by atoms with Crippen molar-refractivity contribution < 1.29 is 15.0 Å². The quantitative estimate of drug-likeness (QED) is 0.858. The van der Waals surface area contributed by atoms with Gasteiger partial charge in [0.1, 0.15) is 0 Å². The molecule has 0 amide bonds. The third-order valence-corrected chi connectivity index (χ3v) is 3.00. The summed E-state index contributed by atoms with van der Waals surface area (Å²) in [5, 5.41) is 22.2. The summed E-state index contributed by atoms with van der Waals surface area (Å²) in [5.74, 6) is -1.23. The average Bonchev–Trinajstić information content (AvgIpc) is 2.81. The maximum atomic E-state index is 10.8. The lowest BCUT2D eigenvalue weighted by molar-refractivity contribution is -0.146. The third-order valence-electron chi connectivity index (χ3n) is 2.32. The predicted octanol–water partition coefficient (Wildman–Crippen LogP) is 2.53. The molecule has 2 aromatic rings. The van der Waals surface area contributed by atoms with Crippen LogP contribution in [0.25, 0.3) is 11.1 Å². The molecule has 0 aliphatic heterocycles. The number of rotatable bonds is 3. The van der Waals surface area contributed by atoms with Crippen molar-refractivity contribution in [2.45, 2.75) is 6.10 Å². The van der Waals surface area contributed by atoms with Crippen molar-refractivity contribution >= 4 is 17.3 Å². The molecule has 16 heavy (non-hydrogen) atoms. The van der Waals surface area contributed by atoms with Crippen molar-refractivity contribution in [3.63, 3.8) is 0 Å². The number of hydrogen-bond acceptors (Lipinski definition) is 3. The van der Waals surface area contributed by atoms with E-state index in [0.29, 0.717) is 5.56 Å². The number of carbonyl (C=O) groups is 1. The number of carboxylic acids is 1. The molecule has 0 aliphatic carbocycles. The molecule has 1 aromatic carbocycles. The Kier molecular flexibility index (Phi) is 3.03. The molecule has 4 heteroatoms. The summed E-state index contributed by atoms with van der Waals surface area (Å²) in [4.78, 5) is 10.8. The molecular weight excluding hydrogens is 224 g/mol. The van der Waals surface area contributed by atoms with Crippen LogP contribution in [0.4, 0.5) is 0 Å². The van der Waals surface area contributed by atoms with Gasteiger partial charge in [0.05, 0.1) is 0 Å². The van der Waals surface area contributed by atoms with E-state index in [4.69, 9.17) is 5.11 Å². The number of aliphatic hydroxyl groups is 1. The van der Waals surface area contributed by atoms with E-state index in [1.54, 1.807) is 12.1 Å². The van der Waals surface area contributed by atoms with E-state index >= 15 is 0 Å². The van der Waals surface area contributed by atoms with Crippen LogP contribution in [0.2, 0.25) is 0 Å². The lowest BCUT2D eigenvalue weighted by atomic mass is 9.98. The van der Waals surface area contributed by atoms with Crippen LogP contribution >= 0.6 is 11.3 Å². The largest absolute Gasteiger partial charge is 0.479 e. The molecular formula is C12H10O3S. The van der Waals surface area contributed by atoms with Crippen molar-refractivity contribution in [2.24, 2.45) is 0 Å². The Balaban J connectivity index is 2.50. The van der Waals surface area contributed by atoms with Gasteiger partial charge in [-0.3, -0.25) is 0 Å². The standard InChI is InChI=1S/C12H10O3S/c13-11(12(14)15)10-4-2-1-3-9(10)8-5-6-16-7-8/h1-7,11,13H,(H,14,15). The molecule has 1 atom stereocenters. The Morgan fingerprint density at radius 3 is 2.62 bits per heavy atom. The molecule has 0 spiro atoms. The van der Waals surface area contributed by atoms with Crippen LogP contribution in [0, 0.1) is 0 Å². The van der Waals surface area contributed by atoms with Crippen molar-refractivity contribution in [2.75, 3.05) is 0 Å². The van der Waals surface area contributed by atoms with Crippen LogP contribution in [0.15, 0.2) is 41.1 Å². The van der Waals surface area contributed by atoms with Gasteiger partial charge in [-0.1, -0.05) is 24.3 Å². The topological polar surface area (TPSA) is 57.5 Å². The molecule has 0 bridgehead atoms. The van der Waals surface area contributed by atoms with Gasteiger partial charge in [0, 0.05) is 0 Å². The van der Waals surface area contributed by atoms with Crippen molar-refractivity contribution in [3.8, 4) is 11.1 Å². The van der Waals surface area contributed by atoms with Crippen molar-refractivity contribution in [1.29, 1.82) is 0 Å². The molecule has 82 valence electrons.